The van der Waals surface area contributed by atoms with Crippen LogP contribution < -0.4 is 20.9 Å². The predicted octanol–water partition coefficient (Wildman–Crippen LogP) is 3.15. The van der Waals surface area contributed by atoms with Crippen molar-refractivity contribution in [2.75, 3.05) is 25.7 Å². The second-order valence-electron chi connectivity index (χ2n) is 4.82. The number of aryl methyl sites for hydroxylation is 2. The monoisotopic (exact) mass is 272 g/mol. The van der Waals surface area contributed by atoms with Crippen LogP contribution in [0.15, 0.2) is 24.3 Å². The molecule has 4 nitrogen and oxygen atoms in total. The van der Waals surface area contributed by atoms with Crippen molar-refractivity contribution in [1.29, 1.82) is 0 Å². The summed E-state index contributed by atoms with van der Waals surface area (Å²) < 4.78 is 10.6. The van der Waals surface area contributed by atoms with E-state index in [1.807, 2.05) is 38.1 Å². The van der Waals surface area contributed by atoms with Gasteiger partial charge in [0, 0.05) is 0 Å². The Morgan fingerprint density at radius 2 is 1.05 bits per heavy atom. The molecule has 0 amide bonds. The largest absolute Gasteiger partial charge is 0.495 e. The van der Waals surface area contributed by atoms with Gasteiger partial charge in [-0.2, -0.15) is 0 Å². The Balaban J connectivity index is 2.67. The fourth-order valence-corrected chi connectivity index (χ4v) is 2.35. The van der Waals surface area contributed by atoms with Gasteiger partial charge in [0.2, 0.25) is 0 Å². The van der Waals surface area contributed by atoms with Crippen LogP contribution in [0.3, 0.4) is 0 Å². The first-order valence-corrected chi connectivity index (χ1v) is 6.36. The highest BCUT2D eigenvalue weighted by Gasteiger charge is 2.12. The second-order valence-corrected chi connectivity index (χ2v) is 4.82. The smallest absolute Gasteiger partial charge is 0.142 e. The van der Waals surface area contributed by atoms with Crippen LogP contribution >= 0.6 is 0 Å². The molecule has 0 fully saturated rings. The van der Waals surface area contributed by atoms with E-state index < -0.39 is 0 Å². The minimum atomic E-state index is 0.633. The molecule has 0 radical (unpaired) electrons. The molecule has 0 saturated carbocycles. The van der Waals surface area contributed by atoms with E-state index in [4.69, 9.17) is 20.9 Å². The van der Waals surface area contributed by atoms with Gasteiger partial charge in [-0.05, 0) is 60.4 Å². The summed E-state index contributed by atoms with van der Waals surface area (Å²) >= 11 is 0. The molecule has 0 atom stereocenters. The summed E-state index contributed by atoms with van der Waals surface area (Å²) in [7, 11) is 3.22. The van der Waals surface area contributed by atoms with Crippen LogP contribution in [0.1, 0.15) is 11.1 Å². The highest BCUT2D eigenvalue weighted by molar-refractivity contribution is 5.79. The first-order chi connectivity index (χ1) is 9.47. The molecule has 0 aliphatic heterocycles. The van der Waals surface area contributed by atoms with E-state index >= 15 is 0 Å². The molecule has 0 bridgehead atoms. The molecule has 4 N–H and O–H groups in total. The summed E-state index contributed by atoms with van der Waals surface area (Å²) in [6.07, 6.45) is 0. The van der Waals surface area contributed by atoms with Gasteiger partial charge in [-0.3, -0.25) is 0 Å². The Morgan fingerprint density at radius 1 is 0.700 bits per heavy atom. The summed E-state index contributed by atoms with van der Waals surface area (Å²) in [4.78, 5) is 0. The van der Waals surface area contributed by atoms with Crippen LogP contribution in [-0.2, 0) is 0 Å². The molecule has 0 saturated heterocycles. The van der Waals surface area contributed by atoms with Crippen molar-refractivity contribution < 1.29 is 9.47 Å². The van der Waals surface area contributed by atoms with E-state index in [1.54, 1.807) is 14.2 Å². The lowest BCUT2D eigenvalue weighted by Gasteiger charge is -2.15. The number of nitrogens with two attached hydrogens (primary N) is 2. The summed E-state index contributed by atoms with van der Waals surface area (Å²) in [5, 5.41) is 0. The molecule has 0 heterocycles. The van der Waals surface area contributed by atoms with Crippen molar-refractivity contribution in [3.8, 4) is 22.6 Å². The van der Waals surface area contributed by atoms with Crippen LogP contribution in [0.2, 0.25) is 0 Å². The maximum absolute atomic E-state index is 5.93. The minimum absolute atomic E-state index is 0.633. The number of methoxy groups -OCH3 is 2. The molecule has 20 heavy (non-hydrogen) atoms. The molecule has 0 aliphatic carbocycles. The fourth-order valence-electron chi connectivity index (χ4n) is 2.35. The van der Waals surface area contributed by atoms with Gasteiger partial charge in [0.15, 0.2) is 0 Å². The molecule has 0 aliphatic rings. The molecular weight excluding hydrogens is 252 g/mol. The first kappa shape index (κ1) is 14.1. The Bertz CT molecular complexity index is 594. The first-order valence-electron chi connectivity index (χ1n) is 6.36. The molecule has 2 rings (SSSR count). The predicted molar refractivity (Wildman–Crippen MR) is 83.3 cm³/mol. The zero-order valence-electron chi connectivity index (χ0n) is 12.3. The highest BCUT2D eigenvalue weighted by Crippen LogP contribution is 2.37. The molecule has 2 aromatic rings. The van der Waals surface area contributed by atoms with Crippen molar-refractivity contribution in [1.82, 2.24) is 0 Å². The zero-order valence-corrected chi connectivity index (χ0v) is 12.3. The molecule has 0 unspecified atom stereocenters. The second kappa shape index (κ2) is 5.33. The number of hydrogen-bond acceptors (Lipinski definition) is 4. The molecule has 2 aromatic carbocycles. The highest BCUT2D eigenvalue weighted by atomic mass is 16.5. The van der Waals surface area contributed by atoms with Crippen molar-refractivity contribution in [3.05, 3.63) is 35.4 Å². The van der Waals surface area contributed by atoms with Gasteiger partial charge in [0.05, 0.1) is 25.6 Å². The number of ether oxygens (including phenoxy) is 2. The molecular formula is C16H20N2O2. The summed E-state index contributed by atoms with van der Waals surface area (Å²) in [6, 6.07) is 7.72. The molecule has 4 heteroatoms. The Morgan fingerprint density at radius 3 is 1.35 bits per heavy atom. The summed E-state index contributed by atoms with van der Waals surface area (Å²) in [5.41, 5.74) is 17.4. The number of nitrogen functional groups attached to an aromatic ring is 2. The van der Waals surface area contributed by atoms with E-state index in [2.05, 4.69) is 0 Å². The van der Waals surface area contributed by atoms with Gasteiger partial charge >= 0.3 is 0 Å². The summed E-state index contributed by atoms with van der Waals surface area (Å²) in [5.74, 6) is 1.33. The van der Waals surface area contributed by atoms with E-state index in [1.165, 1.54) is 0 Å². The zero-order chi connectivity index (χ0) is 14.9. The molecule has 106 valence electrons. The molecule has 0 spiro atoms. The summed E-state index contributed by atoms with van der Waals surface area (Å²) in [6.45, 7) is 4.04. The van der Waals surface area contributed by atoms with Crippen LogP contribution in [0, 0.1) is 13.8 Å². The van der Waals surface area contributed by atoms with Gasteiger partial charge < -0.3 is 20.9 Å². The Hall–Kier alpha value is -2.36. The van der Waals surface area contributed by atoms with Crippen molar-refractivity contribution in [2.45, 2.75) is 13.8 Å². The van der Waals surface area contributed by atoms with Gasteiger partial charge in [0.1, 0.15) is 11.5 Å². The number of hydrogen-bond donors (Lipinski definition) is 2. The van der Waals surface area contributed by atoms with Crippen molar-refractivity contribution >= 4 is 11.4 Å². The number of anilines is 2. The van der Waals surface area contributed by atoms with E-state index in [0.29, 0.717) is 22.9 Å². The standard InChI is InChI=1S/C16H20N2O2/c1-9-5-13(17)15(19-3)7-11(9)12-8-16(20-4)14(18)6-10(12)2/h5-8H,17-18H2,1-4H3. The maximum Gasteiger partial charge on any atom is 0.142 e. The third-order valence-corrected chi connectivity index (χ3v) is 3.44. The SMILES string of the molecule is COc1cc(-c2cc(OC)c(N)cc2C)c(C)cc1N. The van der Waals surface area contributed by atoms with Crippen LogP contribution in [0.5, 0.6) is 11.5 Å². The maximum atomic E-state index is 5.93. The average molecular weight is 272 g/mol. The third-order valence-electron chi connectivity index (χ3n) is 3.44. The minimum Gasteiger partial charge on any atom is -0.495 e. The lowest BCUT2D eigenvalue weighted by molar-refractivity contribution is 0.416. The van der Waals surface area contributed by atoms with Crippen LogP contribution in [0.25, 0.3) is 11.1 Å². The normalized spacial score (nSPS) is 10.4. The van der Waals surface area contributed by atoms with Gasteiger partial charge in [-0.25, -0.2) is 0 Å². The number of rotatable bonds is 3. The Kier molecular flexibility index (Phi) is 3.74. The number of benzene rings is 2. The van der Waals surface area contributed by atoms with Crippen LogP contribution in [-0.4, -0.2) is 14.2 Å². The van der Waals surface area contributed by atoms with Gasteiger partial charge in [-0.1, -0.05) is 0 Å². The third kappa shape index (κ3) is 2.37. The van der Waals surface area contributed by atoms with E-state index in [-0.39, 0.29) is 0 Å². The Labute approximate surface area is 119 Å². The lowest BCUT2D eigenvalue weighted by atomic mass is 9.95. The van der Waals surface area contributed by atoms with Crippen molar-refractivity contribution in [3.63, 3.8) is 0 Å². The lowest BCUT2D eigenvalue weighted by Crippen LogP contribution is -1.98. The van der Waals surface area contributed by atoms with E-state index in [0.717, 1.165) is 22.3 Å². The fraction of sp³-hybridized carbons (Fsp3) is 0.250. The van der Waals surface area contributed by atoms with Gasteiger partial charge in [0.25, 0.3) is 0 Å². The van der Waals surface area contributed by atoms with E-state index in [9.17, 15) is 0 Å². The quantitative estimate of drug-likeness (QED) is 0.842. The van der Waals surface area contributed by atoms with Crippen LogP contribution in [0.4, 0.5) is 11.4 Å². The topological polar surface area (TPSA) is 70.5 Å². The van der Waals surface area contributed by atoms with Crippen molar-refractivity contribution in [2.24, 2.45) is 0 Å². The molecule has 0 aromatic heterocycles. The van der Waals surface area contributed by atoms with Gasteiger partial charge in [-0.15, -0.1) is 0 Å². The average Bonchev–Trinajstić information content (AvgIpc) is 2.40.